The van der Waals surface area contributed by atoms with Gasteiger partial charge >= 0.3 is 0 Å². The Bertz CT molecular complexity index is 387. The molecule has 0 bridgehead atoms. The highest BCUT2D eigenvalue weighted by molar-refractivity contribution is 5.35. The van der Waals surface area contributed by atoms with Crippen LogP contribution in [0.3, 0.4) is 0 Å². The molecule has 1 aliphatic carbocycles. The topological polar surface area (TPSA) is 12.0 Å². The van der Waals surface area contributed by atoms with Crippen molar-refractivity contribution < 1.29 is 0 Å². The van der Waals surface area contributed by atoms with Crippen LogP contribution in [0.4, 0.5) is 0 Å². The molecule has 0 spiro atoms. The van der Waals surface area contributed by atoms with Crippen LogP contribution in [-0.4, -0.2) is 6.04 Å². The van der Waals surface area contributed by atoms with Crippen LogP contribution in [0.2, 0.25) is 0 Å². The standard InChI is InChI=1S/C16H25N/c1-12(16(2,3)4)17-11-13-8-9-14-6-5-7-15(14)10-13/h8-10,12,17H,5-7,11H2,1-4H3. The molecular weight excluding hydrogens is 206 g/mol. The van der Waals surface area contributed by atoms with Gasteiger partial charge in [0.2, 0.25) is 0 Å². The Kier molecular flexibility index (Phi) is 3.58. The predicted octanol–water partition coefficient (Wildman–Crippen LogP) is 3.70. The summed E-state index contributed by atoms with van der Waals surface area (Å²) in [6.07, 6.45) is 3.89. The number of hydrogen-bond acceptors (Lipinski definition) is 1. The van der Waals surface area contributed by atoms with E-state index in [0.29, 0.717) is 11.5 Å². The zero-order valence-electron chi connectivity index (χ0n) is 11.6. The number of benzene rings is 1. The van der Waals surface area contributed by atoms with Gasteiger partial charge in [-0.3, -0.25) is 0 Å². The number of nitrogens with one attached hydrogen (secondary N) is 1. The van der Waals surface area contributed by atoms with E-state index < -0.39 is 0 Å². The van der Waals surface area contributed by atoms with Gasteiger partial charge in [0, 0.05) is 12.6 Å². The lowest BCUT2D eigenvalue weighted by molar-refractivity contribution is 0.285. The molecule has 0 aliphatic heterocycles. The van der Waals surface area contributed by atoms with E-state index in [2.05, 4.69) is 51.2 Å². The Morgan fingerprint density at radius 3 is 2.59 bits per heavy atom. The van der Waals surface area contributed by atoms with Gasteiger partial charge in [0.1, 0.15) is 0 Å². The van der Waals surface area contributed by atoms with Crippen LogP contribution >= 0.6 is 0 Å². The molecule has 1 heteroatoms. The van der Waals surface area contributed by atoms with E-state index in [1.807, 2.05) is 0 Å². The Hall–Kier alpha value is -0.820. The normalized spacial score (nSPS) is 16.9. The molecule has 0 radical (unpaired) electrons. The first-order valence-corrected chi connectivity index (χ1v) is 6.81. The Morgan fingerprint density at radius 1 is 1.18 bits per heavy atom. The van der Waals surface area contributed by atoms with Crippen molar-refractivity contribution in [2.75, 3.05) is 0 Å². The lowest BCUT2D eigenvalue weighted by atomic mass is 9.88. The molecule has 94 valence electrons. The fraction of sp³-hybridized carbons (Fsp3) is 0.625. The molecule has 0 aromatic heterocycles. The average molecular weight is 231 g/mol. The van der Waals surface area contributed by atoms with Crippen LogP contribution < -0.4 is 5.32 Å². The predicted molar refractivity (Wildman–Crippen MR) is 74.2 cm³/mol. The van der Waals surface area contributed by atoms with Gasteiger partial charge in [0.05, 0.1) is 0 Å². The van der Waals surface area contributed by atoms with Crippen LogP contribution in [0.5, 0.6) is 0 Å². The molecule has 0 saturated heterocycles. The Balaban J connectivity index is 1.96. The number of rotatable bonds is 3. The zero-order valence-corrected chi connectivity index (χ0v) is 11.6. The maximum Gasteiger partial charge on any atom is 0.0208 e. The fourth-order valence-electron chi connectivity index (χ4n) is 2.31. The third kappa shape index (κ3) is 3.10. The second-order valence-corrected chi connectivity index (χ2v) is 6.43. The van der Waals surface area contributed by atoms with Crippen molar-refractivity contribution in [2.24, 2.45) is 5.41 Å². The van der Waals surface area contributed by atoms with E-state index in [1.54, 1.807) is 11.1 Å². The van der Waals surface area contributed by atoms with Crippen molar-refractivity contribution in [1.29, 1.82) is 0 Å². The average Bonchev–Trinajstić information content (AvgIpc) is 2.71. The monoisotopic (exact) mass is 231 g/mol. The molecule has 1 aromatic rings. The molecule has 2 rings (SSSR count). The highest BCUT2D eigenvalue weighted by Crippen LogP contribution is 2.23. The van der Waals surface area contributed by atoms with Gasteiger partial charge < -0.3 is 5.32 Å². The fourth-order valence-corrected chi connectivity index (χ4v) is 2.31. The molecule has 1 atom stereocenters. The van der Waals surface area contributed by atoms with Crippen LogP contribution in [0.1, 0.15) is 50.8 Å². The van der Waals surface area contributed by atoms with Crippen LogP contribution in [0.25, 0.3) is 0 Å². The second-order valence-electron chi connectivity index (χ2n) is 6.43. The van der Waals surface area contributed by atoms with E-state index in [4.69, 9.17) is 0 Å². The highest BCUT2D eigenvalue weighted by atomic mass is 14.9. The SMILES string of the molecule is CC(NCc1ccc2c(c1)CCC2)C(C)(C)C. The number of aryl methyl sites for hydroxylation is 2. The van der Waals surface area contributed by atoms with Crippen LogP contribution in [0.15, 0.2) is 18.2 Å². The summed E-state index contributed by atoms with van der Waals surface area (Å²) in [4.78, 5) is 0. The largest absolute Gasteiger partial charge is 0.310 e. The molecule has 17 heavy (non-hydrogen) atoms. The smallest absolute Gasteiger partial charge is 0.0208 e. The summed E-state index contributed by atoms with van der Waals surface area (Å²) >= 11 is 0. The summed E-state index contributed by atoms with van der Waals surface area (Å²) in [6.45, 7) is 10.1. The molecule has 1 aliphatic rings. The molecule has 0 fully saturated rings. The zero-order chi connectivity index (χ0) is 12.5. The third-order valence-corrected chi connectivity index (χ3v) is 4.07. The van der Waals surface area contributed by atoms with E-state index in [-0.39, 0.29) is 0 Å². The molecule has 0 saturated carbocycles. The summed E-state index contributed by atoms with van der Waals surface area (Å²) in [7, 11) is 0. The summed E-state index contributed by atoms with van der Waals surface area (Å²) in [5.74, 6) is 0. The van der Waals surface area contributed by atoms with Gasteiger partial charge in [-0.05, 0) is 48.3 Å². The van der Waals surface area contributed by atoms with Gasteiger partial charge in [0.15, 0.2) is 0 Å². The van der Waals surface area contributed by atoms with Gasteiger partial charge in [-0.15, -0.1) is 0 Å². The minimum absolute atomic E-state index is 0.330. The van der Waals surface area contributed by atoms with Gasteiger partial charge in [-0.25, -0.2) is 0 Å². The van der Waals surface area contributed by atoms with Gasteiger partial charge in [-0.1, -0.05) is 39.0 Å². The maximum atomic E-state index is 3.63. The Morgan fingerprint density at radius 2 is 1.88 bits per heavy atom. The summed E-state index contributed by atoms with van der Waals surface area (Å²) in [5.41, 5.74) is 4.91. The highest BCUT2D eigenvalue weighted by Gasteiger charge is 2.19. The van der Waals surface area contributed by atoms with Gasteiger partial charge in [-0.2, -0.15) is 0 Å². The quantitative estimate of drug-likeness (QED) is 0.836. The Labute approximate surface area is 106 Å². The maximum absolute atomic E-state index is 3.63. The minimum atomic E-state index is 0.330. The first-order chi connectivity index (χ1) is 7.97. The third-order valence-electron chi connectivity index (χ3n) is 4.07. The van der Waals surface area contributed by atoms with Crippen molar-refractivity contribution in [3.05, 3.63) is 34.9 Å². The summed E-state index contributed by atoms with van der Waals surface area (Å²) in [6, 6.07) is 7.54. The molecule has 1 aromatic carbocycles. The molecular formula is C16H25N. The molecule has 1 N–H and O–H groups in total. The van der Waals surface area contributed by atoms with Crippen molar-refractivity contribution >= 4 is 0 Å². The van der Waals surface area contributed by atoms with Crippen molar-refractivity contribution in [3.8, 4) is 0 Å². The van der Waals surface area contributed by atoms with E-state index in [1.165, 1.54) is 24.8 Å². The van der Waals surface area contributed by atoms with E-state index in [9.17, 15) is 0 Å². The van der Waals surface area contributed by atoms with Gasteiger partial charge in [0.25, 0.3) is 0 Å². The molecule has 1 unspecified atom stereocenters. The van der Waals surface area contributed by atoms with Crippen LogP contribution in [0, 0.1) is 5.41 Å². The number of fused-ring (bicyclic) bond motifs is 1. The summed E-state index contributed by atoms with van der Waals surface area (Å²) < 4.78 is 0. The molecule has 0 amide bonds. The molecule has 1 nitrogen and oxygen atoms in total. The first-order valence-electron chi connectivity index (χ1n) is 6.81. The lowest BCUT2D eigenvalue weighted by Gasteiger charge is -2.28. The van der Waals surface area contributed by atoms with Crippen molar-refractivity contribution in [2.45, 2.75) is 59.5 Å². The van der Waals surface area contributed by atoms with Crippen molar-refractivity contribution in [3.63, 3.8) is 0 Å². The minimum Gasteiger partial charge on any atom is -0.310 e. The summed E-state index contributed by atoms with van der Waals surface area (Å²) in [5, 5.41) is 3.63. The first kappa shape index (κ1) is 12.6. The lowest BCUT2D eigenvalue weighted by Crippen LogP contribution is -2.37. The van der Waals surface area contributed by atoms with E-state index >= 15 is 0 Å². The van der Waals surface area contributed by atoms with Crippen molar-refractivity contribution in [1.82, 2.24) is 5.32 Å². The van der Waals surface area contributed by atoms with Crippen LogP contribution in [-0.2, 0) is 19.4 Å². The number of hydrogen-bond donors (Lipinski definition) is 1. The second kappa shape index (κ2) is 4.81. The van der Waals surface area contributed by atoms with E-state index in [0.717, 1.165) is 6.54 Å². The molecule has 0 heterocycles.